The van der Waals surface area contributed by atoms with Crippen molar-refractivity contribution in [2.24, 2.45) is 5.92 Å². The summed E-state index contributed by atoms with van der Waals surface area (Å²) < 4.78 is 0. The Balaban J connectivity index is 0.000000426. The van der Waals surface area contributed by atoms with Crippen molar-refractivity contribution in [3.05, 3.63) is 71.8 Å². The van der Waals surface area contributed by atoms with E-state index in [9.17, 15) is 19.8 Å². The van der Waals surface area contributed by atoms with Crippen LogP contribution in [0.4, 0.5) is 0 Å². The molecule has 0 saturated heterocycles. The number of carboxylic acids is 2. The van der Waals surface area contributed by atoms with Crippen LogP contribution in [0.5, 0.6) is 0 Å². The van der Waals surface area contributed by atoms with Gasteiger partial charge in [-0.25, -0.2) is 9.59 Å². The van der Waals surface area contributed by atoms with E-state index in [1.807, 2.05) is 20.8 Å². The SMILES string of the molecule is CCCC(O)C(C)C(C)(O)CC.O=C(O)c1ccccc1.O=C(O)c1ccccc1. The van der Waals surface area contributed by atoms with Crippen LogP contribution >= 0.6 is 0 Å². The van der Waals surface area contributed by atoms with Crippen molar-refractivity contribution in [2.45, 2.75) is 58.7 Å². The molecule has 0 aliphatic heterocycles. The lowest BCUT2D eigenvalue weighted by atomic mass is 9.83. The second-order valence-corrected chi connectivity index (χ2v) is 7.20. The highest BCUT2D eigenvalue weighted by atomic mass is 16.4. The molecule has 166 valence electrons. The second kappa shape index (κ2) is 14.3. The van der Waals surface area contributed by atoms with Gasteiger partial charge in [-0.3, -0.25) is 0 Å². The lowest BCUT2D eigenvalue weighted by molar-refractivity contribution is -0.0554. The second-order valence-electron chi connectivity index (χ2n) is 7.20. The molecule has 6 heteroatoms. The molecule has 0 amide bonds. The van der Waals surface area contributed by atoms with Gasteiger partial charge in [-0.05, 0) is 44.0 Å². The van der Waals surface area contributed by atoms with Gasteiger partial charge in [0, 0.05) is 5.92 Å². The Hall–Kier alpha value is -2.70. The van der Waals surface area contributed by atoms with Crippen molar-refractivity contribution < 1.29 is 30.0 Å². The van der Waals surface area contributed by atoms with Crippen LogP contribution in [0.1, 0.15) is 67.7 Å². The third kappa shape index (κ3) is 10.7. The zero-order chi connectivity index (χ0) is 23.2. The fraction of sp³-hybridized carbons (Fsp3) is 0.417. The highest BCUT2D eigenvalue weighted by molar-refractivity contribution is 5.87. The predicted octanol–water partition coefficient (Wildman–Crippen LogP) is 4.71. The number of carboxylic acid groups (broad SMARTS) is 2. The van der Waals surface area contributed by atoms with Crippen LogP contribution in [0.15, 0.2) is 60.7 Å². The molecule has 0 radical (unpaired) electrons. The molecule has 2 rings (SSSR count). The number of benzene rings is 2. The topological polar surface area (TPSA) is 115 Å². The molecule has 6 nitrogen and oxygen atoms in total. The van der Waals surface area contributed by atoms with Crippen LogP contribution < -0.4 is 0 Å². The summed E-state index contributed by atoms with van der Waals surface area (Å²) in [6.45, 7) is 7.67. The normalized spacial score (nSPS) is 13.9. The van der Waals surface area contributed by atoms with E-state index >= 15 is 0 Å². The smallest absolute Gasteiger partial charge is 0.335 e. The minimum absolute atomic E-state index is 0.0394. The Morgan fingerprint density at radius 2 is 1.23 bits per heavy atom. The molecular formula is C24H34O6. The Labute approximate surface area is 178 Å². The third-order valence-electron chi connectivity index (χ3n) is 4.90. The van der Waals surface area contributed by atoms with Crippen LogP contribution in [0.25, 0.3) is 0 Å². The minimum Gasteiger partial charge on any atom is -0.478 e. The molecule has 2 aromatic carbocycles. The van der Waals surface area contributed by atoms with Crippen LogP contribution in [0.3, 0.4) is 0 Å². The first-order valence-electron chi connectivity index (χ1n) is 10.0. The van der Waals surface area contributed by atoms with E-state index in [-0.39, 0.29) is 12.0 Å². The van der Waals surface area contributed by atoms with E-state index in [1.165, 1.54) is 0 Å². The van der Waals surface area contributed by atoms with Gasteiger partial charge < -0.3 is 20.4 Å². The molecular weight excluding hydrogens is 384 g/mol. The fourth-order valence-corrected chi connectivity index (χ4v) is 2.44. The number of hydrogen-bond acceptors (Lipinski definition) is 4. The van der Waals surface area contributed by atoms with Gasteiger partial charge in [0.05, 0.1) is 22.8 Å². The van der Waals surface area contributed by atoms with Crippen LogP contribution in [-0.2, 0) is 0 Å². The molecule has 3 unspecified atom stereocenters. The number of rotatable bonds is 7. The monoisotopic (exact) mass is 418 g/mol. The number of aliphatic hydroxyl groups excluding tert-OH is 1. The molecule has 3 atom stereocenters. The number of aliphatic hydroxyl groups is 2. The summed E-state index contributed by atoms with van der Waals surface area (Å²) in [5, 5.41) is 36.2. The Morgan fingerprint density at radius 1 is 0.867 bits per heavy atom. The van der Waals surface area contributed by atoms with Gasteiger partial charge in [-0.2, -0.15) is 0 Å². The molecule has 0 aliphatic carbocycles. The van der Waals surface area contributed by atoms with Gasteiger partial charge >= 0.3 is 11.9 Å². The lowest BCUT2D eigenvalue weighted by Gasteiger charge is -2.32. The van der Waals surface area contributed by atoms with Gasteiger partial charge in [0.25, 0.3) is 0 Å². The number of aromatic carboxylic acids is 2. The van der Waals surface area contributed by atoms with Gasteiger partial charge in [0.1, 0.15) is 0 Å². The summed E-state index contributed by atoms with van der Waals surface area (Å²) in [6, 6.07) is 16.6. The maximum Gasteiger partial charge on any atom is 0.335 e. The van der Waals surface area contributed by atoms with E-state index in [0.29, 0.717) is 17.5 Å². The zero-order valence-corrected chi connectivity index (χ0v) is 18.2. The minimum atomic E-state index is -0.879. The maximum atomic E-state index is 10.2. The van der Waals surface area contributed by atoms with Crippen LogP contribution in [-0.4, -0.2) is 44.1 Å². The molecule has 0 aromatic heterocycles. The summed E-state index contributed by atoms with van der Waals surface area (Å²) in [4.78, 5) is 20.4. The first kappa shape index (κ1) is 27.3. The Kier molecular flexibility index (Phi) is 13.0. The van der Waals surface area contributed by atoms with Crippen molar-refractivity contribution in [1.82, 2.24) is 0 Å². The molecule has 2 aromatic rings. The summed E-state index contributed by atoms with van der Waals surface area (Å²) >= 11 is 0. The standard InChI is InChI=1S/C10H22O2.2C7H6O2/c1-5-7-9(11)8(3)10(4,12)6-2;2*8-7(9)6-4-2-1-3-5-6/h8-9,11-12H,5-7H2,1-4H3;2*1-5H,(H,8,9). The van der Waals surface area contributed by atoms with E-state index in [2.05, 4.69) is 0 Å². The van der Waals surface area contributed by atoms with E-state index in [1.54, 1.807) is 67.6 Å². The zero-order valence-electron chi connectivity index (χ0n) is 18.2. The van der Waals surface area contributed by atoms with Crippen molar-refractivity contribution >= 4 is 11.9 Å². The van der Waals surface area contributed by atoms with Crippen molar-refractivity contribution in [1.29, 1.82) is 0 Å². The highest BCUT2D eigenvalue weighted by Gasteiger charge is 2.30. The largest absolute Gasteiger partial charge is 0.478 e. The van der Waals surface area contributed by atoms with Crippen LogP contribution in [0.2, 0.25) is 0 Å². The average Bonchev–Trinajstić information content (AvgIpc) is 2.75. The first-order valence-corrected chi connectivity index (χ1v) is 10.0. The quantitative estimate of drug-likeness (QED) is 0.517. The van der Waals surface area contributed by atoms with Gasteiger partial charge in [-0.1, -0.05) is 63.6 Å². The third-order valence-corrected chi connectivity index (χ3v) is 4.90. The van der Waals surface area contributed by atoms with E-state index in [0.717, 1.165) is 12.8 Å². The van der Waals surface area contributed by atoms with E-state index in [4.69, 9.17) is 10.2 Å². The molecule has 0 aliphatic rings. The molecule has 0 bridgehead atoms. The fourth-order valence-electron chi connectivity index (χ4n) is 2.44. The Bertz CT molecular complexity index is 678. The summed E-state index contributed by atoms with van der Waals surface area (Å²) in [5.74, 6) is -1.80. The Morgan fingerprint density at radius 3 is 1.47 bits per heavy atom. The number of carbonyl (C=O) groups is 2. The molecule has 0 saturated carbocycles. The van der Waals surface area contributed by atoms with Crippen molar-refractivity contribution in [2.75, 3.05) is 0 Å². The predicted molar refractivity (Wildman–Crippen MR) is 118 cm³/mol. The molecule has 0 spiro atoms. The lowest BCUT2D eigenvalue weighted by Crippen LogP contribution is -2.39. The summed E-state index contributed by atoms with van der Waals surface area (Å²) in [6.07, 6.45) is 2.06. The van der Waals surface area contributed by atoms with E-state index < -0.39 is 17.5 Å². The van der Waals surface area contributed by atoms with Crippen LogP contribution in [0, 0.1) is 5.92 Å². The van der Waals surface area contributed by atoms with Gasteiger partial charge in [0.15, 0.2) is 0 Å². The average molecular weight is 419 g/mol. The first-order chi connectivity index (χ1) is 14.1. The number of hydrogen-bond donors (Lipinski definition) is 4. The van der Waals surface area contributed by atoms with Gasteiger partial charge in [-0.15, -0.1) is 0 Å². The van der Waals surface area contributed by atoms with Gasteiger partial charge in [0.2, 0.25) is 0 Å². The molecule has 0 heterocycles. The molecule has 4 N–H and O–H groups in total. The highest BCUT2D eigenvalue weighted by Crippen LogP contribution is 2.25. The summed E-state index contributed by atoms with van der Waals surface area (Å²) in [5.41, 5.74) is -0.0656. The van der Waals surface area contributed by atoms with Crippen molar-refractivity contribution in [3.63, 3.8) is 0 Å². The maximum absolute atomic E-state index is 10.2. The molecule has 0 fully saturated rings. The molecule has 30 heavy (non-hydrogen) atoms. The van der Waals surface area contributed by atoms with Crippen molar-refractivity contribution in [3.8, 4) is 0 Å². The summed E-state index contributed by atoms with van der Waals surface area (Å²) in [7, 11) is 0.